The van der Waals surface area contributed by atoms with Crippen molar-refractivity contribution in [3.63, 3.8) is 0 Å². The molecular weight excluding hydrogens is 316 g/mol. The number of carbonyl (C=O) groups is 1. The maximum absolute atomic E-state index is 12.4. The summed E-state index contributed by atoms with van der Waals surface area (Å²) in [6.07, 6.45) is 6.48. The summed E-state index contributed by atoms with van der Waals surface area (Å²) >= 11 is 0. The number of fused-ring (bicyclic) bond motifs is 1. The SMILES string of the molecule is NC(=O)Cc1ccc(-c2nn(C3CCCC3)c3cc[nH]c(=O)c23)cc1. The van der Waals surface area contributed by atoms with E-state index in [9.17, 15) is 9.59 Å². The van der Waals surface area contributed by atoms with Gasteiger partial charge in [-0.3, -0.25) is 14.3 Å². The number of nitrogens with zero attached hydrogens (tertiary/aromatic N) is 2. The first-order chi connectivity index (χ1) is 12.1. The number of primary amides is 1. The van der Waals surface area contributed by atoms with E-state index >= 15 is 0 Å². The van der Waals surface area contributed by atoms with E-state index in [-0.39, 0.29) is 17.9 Å². The highest BCUT2D eigenvalue weighted by atomic mass is 16.1. The predicted octanol–water partition coefficient (Wildman–Crippen LogP) is 2.53. The zero-order valence-electron chi connectivity index (χ0n) is 13.9. The zero-order valence-corrected chi connectivity index (χ0v) is 13.9. The molecule has 1 amide bonds. The lowest BCUT2D eigenvalue weighted by Crippen LogP contribution is -2.13. The van der Waals surface area contributed by atoms with Crippen molar-refractivity contribution in [2.24, 2.45) is 5.73 Å². The molecule has 6 nitrogen and oxygen atoms in total. The lowest BCUT2D eigenvalue weighted by atomic mass is 10.1. The molecule has 0 unspecified atom stereocenters. The van der Waals surface area contributed by atoms with Crippen molar-refractivity contribution in [3.8, 4) is 11.3 Å². The van der Waals surface area contributed by atoms with Gasteiger partial charge in [0.15, 0.2) is 0 Å². The van der Waals surface area contributed by atoms with Crippen LogP contribution in [-0.4, -0.2) is 20.7 Å². The van der Waals surface area contributed by atoms with E-state index < -0.39 is 0 Å². The molecule has 1 aliphatic rings. The van der Waals surface area contributed by atoms with Crippen LogP contribution in [0.3, 0.4) is 0 Å². The molecular formula is C19H20N4O2. The standard InChI is InChI=1S/C19H20N4O2/c20-16(24)11-12-5-7-13(8-6-12)18-17-15(9-10-21-19(17)25)23(22-18)14-3-1-2-4-14/h5-10,14H,1-4,11H2,(H2,20,24)(H,21,25). The van der Waals surface area contributed by atoms with Crippen LogP contribution in [0.2, 0.25) is 0 Å². The number of nitrogens with two attached hydrogens (primary N) is 1. The van der Waals surface area contributed by atoms with Gasteiger partial charge in [0.2, 0.25) is 5.91 Å². The zero-order chi connectivity index (χ0) is 17.4. The van der Waals surface area contributed by atoms with Gasteiger partial charge in [0.1, 0.15) is 5.69 Å². The third kappa shape index (κ3) is 2.84. The highest BCUT2D eigenvalue weighted by Crippen LogP contribution is 2.34. The Morgan fingerprint density at radius 3 is 2.60 bits per heavy atom. The molecule has 0 atom stereocenters. The molecule has 128 valence electrons. The van der Waals surface area contributed by atoms with Crippen LogP contribution in [0.25, 0.3) is 22.2 Å². The summed E-state index contributed by atoms with van der Waals surface area (Å²) in [5.41, 5.74) is 8.40. The lowest BCUT2D eigenvalue weighted by Gasteiger charge is -2.10. The van der Waals surface area contributed by atoms with Crippen molar-refractivity contribution in [1.82, 2.24) is 14.8 Å². The Morgan fingerprint density at radius 1 is 1.20 bits per heavy atom. The van der Waals surface area contributed by atoms with Crippen molar-refractivity contribution in [1.29, 1.82) is 0 Å². The van der Waals surface area contributed by atoms with Crippen LogP contribution in [0.15, 0.2) is 41.3 Å². The Bertz CT molecular complexity index is 979. The van der Waals surface area contributed by atoms with Gasteiger partial charge >= 0.3 is 0 Å². The van der Waals surface area contributed by atoms with Gasteiger partial charge < -0.3 is 10.7 Å². The second-order valence-corrected chi connectivity index (χ2v) is 6.64. The minimum absolute atomic E-state index is 0.127. The van der Waals surface area contributed by atoms with E-state index in [0.717, 1.165) is 29.5 Å². The molecule has 0 aliphatic heterocycles. The van der Waals surface area contributed by atoms with Gasteiger partial charge in [0, 0.05) is 11.8 Å². The summed E-state index contributed by atoms with van der Waals surface area (Å²) < 4.78 is 2.02. The van der Waals surface area contributed by atoms with E-state index in [1.165, 1.54) is 12.8 Å². The molecule has 4 rings (SSSR count). The first-order valence-electron chi connectivity index (χ1n) is 8.61. The number of amides is 1. The fourth-order valence-corrected chi connectivity index (χ4v) is 3.71. The largest absolute Gasteiger partial charge is 0.369 e. The van der Waals surface area contributed by atoms with Crippen molar-refractivity contribution < 1.29 is 4.79 Å². The van der Waals surface area contributed by atoms with E-state index in [1.807, 2.05) is 35.0 Å². The first kappa shape index (κ1) is 15.6. The van der Waals surface area contributed by atoms with E-state index in [2.05, 4.69) is 4.98 Å². The Labute approximate surface area is 144 Å². The molecule has 3 aromatic rings. The number of H-pyrrole nitrogens is 1. The summed E-state index contributed by atoms with van der Waals surface area (Å²) in [7, 11) is 0. The molecule has 1 fully saturated rings. The molecule has 2 aromatic heterocycles. The van der Waals surface area contributed by atoms with Gasteiger partial charge in [0.05, 0.1) is 23.4 Å². The molecule has 2 heterocycles. The maximum atomic E-state index is 12.4. The molecule has 0 spiro atoms. The van der Waals surface area contributed by atoms with Gasteiger partial charge in [0.25, 0.3) is 5.56 Å². The Morgan fingerprint density at radius 2 is 1.92 bits per heavy atom. The number of benzene rings is 1. The Kier molecular flexibility index (Phi) is 3.87. The number of aromatic amines is 1. The maximum Gasteiger partial charge on any atom is 0.259 e. The lowest BCUT2D eigenvalue weighted by molar-refractivity contribution is -0.117. The quantitative estimate of drug-likeness (QED) is 0.766. The second-order valence-electron chi connectivity index (χ2n) is 6.64. The molecule has 0 bridgehead atoms. The predicted molar refractivity (Wildman–Crippen MR) is 96.2 cm³/mol. The minimum Gasteiger partial charge on any atom is -0.369 e. The van der Waals surface area contributed by atoms with E-state index in [1.54, 1.807) is 6.20 Å². The summed E-state index contributed by atoms with van der Waals surface area (Å²) in [6.45, 7) is 0. The third-order valence-electron chi connectivity index (χ3n) is 4.91. The topological polar surface area (TPSA) is 93.8 Å². The molecule has 1 saturated carbocycles. The fraction of sp³-hybridized carbons (Fsp3) is 0.316. The third-order valence-corrected chi connectivity index (χ3v) is 4.91. The van der Waals surface area contributed by atoms with Crippen molar-refractivity contribution in [3.05, 3.63) is 52.4 Å². The van der Waals surface area contributed by atoms with Crippen LogP contribution >= 0.6 is 0 Å². The van der Waals surface area contributed by atoms with E-state index in [0.29, 0.717) is 17.1 Å². The average Bonchev–Trinajstić information content (AvgIpc) is 3.23. The number of aromatic nitrogens is 3. The van der Waals surface area contributed by atoms with Gasteiger partial charge in [-0.2, -0.15) is 5.10 Å². The van der Waals surface area contributed by atoms with Gasteiger partial charge in [-0.1, -0.05) is 37.1 Å². The molecule has 0 saturated heterocycles. The van der Waals surface area contributed by atoms with Gasteiger partial charge in [-0.25, -0.2) is 0 Å². The molecule has 1 aliphatic carbocycles. The summed E-state index contributed by atoms with van der Waals surface area (Å²) in [4.78, 5) is 26.3. The van der Waals surface area contributed by atoms with Crippen molar-refractivity contribution in [2.45, 2.75) is 38.1 Å². The van der Waals surface area contributed by atoms with Crippen LogP contribution in [0.1, 0.15) is 37.3 Å². The van der Waals surface area contributed by atoms with Crippen LogP contribution in [0.5, 0.6) is 0 Å². The number of hydrogen-bond donors (Lipinski definition) is 2. The average molecular weight is 336 g/mol. The summed E-state index contributed by atoms with van der Waals surface area (Å²) in [5, 5.41) is 5.42. The summed E-state index contributed by atoms with van der Waals surface area (Å²) in [6, 6.07) is 9.78. The highest BCUT2D eigenvalue weighted by Gasteiger charge is 2.23. The second kappa shape index (κ2) is 6.20. The monoisotopic (exact) mass is 336 g/mol. The molecule has 25 heavy (non-hydrogen) atoms. The van der Waals surface area contributed by atoms with Crippen LogP contribution in [0, 0.1) is 0 Å². The Balaban J connectivity index is 1.84. The number of pyridine rings is 1. The Hall–Kier alpha value is -2.89. The summed E-state index contributed by atoms with van der Waals surface area (Å²) in [5.74, 6) is -0.361. The first-order valence-corrected chi connectivity index (χ1v) is 8.61. The number of rotatable bonds is 4. The molecule has 1 aromatic carbocycles. The number of nitrogens with one attached hydrogen (secondary N) is 1. The highest BCUT2D eigenvalue weighted by molar-refractivity contribution is 5.92. The van der Waals surface area contributed by atoms with E-state index in [4.69, 9.17) is 10.8 Å². The van der Waals surface area contributed by atoms with Gasteiger partial charge in [-0.05, 0) is 24.5 Å². The van der Waals surface area contributed by atoms with Crippen molar-refractivity contribution in [2.75, 3.05) is 0 Å². The number of carbonyl (C=O) groups excluding carboxylic acids is 1. The van der Waals surface area contributed by atoms with Crippen molar-refractivity contribution >= 4 is 16.8 Å². The van der Waals surface area contributed by atoms with Crippen LogP contribution < -0.4 is 11.3 Å². The smallest absolute Gasteiger partial charge is 0.259 e. The fourth-order valence-electron chi connectivity index (χ4n) is 3.71. The number of hydrogen-bond acceptors (Lipinski definition) is 3. The molecule has 6 heteroatoms. The van der Waals surface area contributed by atoms with Gasteiger partial charge in [-0.15, -0.1) is 0 Å². The normalized spacial score (nSPS) is 15.0. The molecule has 0 radical (unpaired) electrons. The van der Waals surface area contributed by atoms with Crippen LogP contribution in [0.4, 0.5) is 0 Å². The van der Waals surface area contributed by atoms with Crippen LogP contribution in [-0.2, 0) is 11.2 Å². The molecule has 3 N–H and O–H groups in total. The minimum atomic E-state index is -0.361.